The van der Waals surface area contributed by atoms with Gasteiger partial charge in [-0.1, -0.05) is 0 Å². The minimum absolute atomic E-state index is 0.0622. The fourth-order valence-electron chi connectivity index (χ4n) is 2.58. The molecule has 3 atom stereocenters. The van der Waals surface area contributed by atoms with Crippen LogP contribution in [-0.4, -0.2) is 63.1 Å². The number of aliphatic hydroxyl groups excluding tert-OH is 1. The lowest BCUT2D eigenvalue weighted by atomic mass is 10.2. The molecule has 2 aliphatic heterocycles. The van der Waals surface area contributed by atoms with Gasteiger partial charge in [0, 0.05) is 19.2 Å². The van der Waals surface area contributed by atoms with Crippen LogP contribution >= 0.6 is 11.8 Å². The second-order valence-electron chi connectivity index (χ2n) is 5.25. The summed E-state index contributed by atoms with van der Waals surface area (Å²) < 4.78 is 0. The number of likely N-dealkylation sites (N-methyl/N-ethyl adjacent to an activating group) is 1. The summed E-state index contributed by atoms with van der Waals surface area (Å²) in [5, 5.41) is 9.11. The fraction of sp³-hybridized carbons (Fsp3) is 0.833. The average Bonchev–Trinajstić information content (AvgIpc) is 2.84. The Balaban J connectivity index is 2.15. The van der Waals surface area contributed by atoms with E-state index in [9.17, 15) is 9.59 Å². The zero-order chi connectivity index (χ0) is 13.5. The van der Waals surface area contributed by atoms with Gasteiger partial charge in [-0.3, -0.25) is 9.59 Å². The van der Waals surface area contributed by atoms with E-state index in [0.717, 1.165) is 6.42 Å². The van der Waals surface area contributed by atoms with Gasteiger partial charge in [0.1, 0.15) is 6.04 Å². The Morgan fingerprint density at radius 1 is 1.72 bits per heavy atom. The molecule has 5 nitrogen and oxygen atoms in total. The minimum atomic E-state index is -0.367. The molecule has 2 rings (SSSR count). The lowest BCUT2D eigenvalue weighted by molar-refractivity contribution is -0.144. The summed E-state index contributed by atoms with van der Waals surface area (Å²) in [5.74, 6) is 0.665. The number of thioether (sulfide) groups is 1. The van der Waals surface area contributed by atoms with Crippen molar-refractivity contribution in [3.8, 4) is 0 Å². The topological polar surface area (TPSA) is 60.9 Å². The van der Waals surface area contributed by atoms with Crippen LogP contribution in [0.4, 0.5) is 0 Å². The first-order valence-electron chi connectivity index (χ1n) is 6.24. The third kappa shape index (κ3) is 2.01. The van der Waals surface area contributed by atoms with Gasteiger partial charge in [-0.15, -0.1) is 11.8 Å². The van der Waals surface area contributed by atoms with E-state index in [1.807, 2.05) is 6.92 Å². The molecule has 102 valence electrons. The molecule has 3 unspecified atom stereocenters. The Kier molecular flexibility index (Phi) is 3.60. The van der Waals surface area contributed by atoms with Crippen molar-refractivity contribution in [3.63, 3.8) is 0 Å². The van der Waals surface area contributed by atoms with E-state index in [1.165, 1.54) is 0 Å². The second kappa shape index (κ2) is 4.74. The molecule has 2 aliphatic rings. The van der Waals surface area contributed by atoms with Gasteiger partial charge in [-0.2, -0.15) is 0 Å². The van der Waals surface area contributed by atoms with Crippen molar-refractivity contribution in [2.45, 2.75) is 43.6 Å². The van der Waals surface area contributed by atoms with Crippen molar-refractivity contribution >= 4 is 23.6 Å². The van der Waals surface area contributed by atoms with Gasteiger partial charge in [0.05, 0.1) is 17.5 Å². The zero-order valence-electron chi connectivity index (χ0n) is 11.0. The smallest absolute Gasteiger partial charge is 0.246 e. The maximum absolute atomic E-state index is 12.4. The molecule has 2 amide bonds. The fourth-order valence-corrected chi connectivity index (χ4v) is 4.00. The number of aliphatic hydroxyl groups is 1. The lowest BCUT2D eigenvalue weighted by Gasteiger charge is -2.33. The van der Waals surface area contributed by atoms with Gasteiger partial charge in [0.15, 0.2) is 0 Å². The second-order valence-corrected chi connectivity index (χ2v) is 6.75. The molecule has 0 aromatic heterocycles. The molecule has 0 bridgehead atoms. The van der Waals surface area contributed by atoms with Crippen LogP contribution < -0.4 is 0 Å². The molecular formula is C12H20N2O3S. The number of nitrogens with zero attached hydrogens (tertiary/aromatic N) is 2. The SMILES string of the molecule is CC(CO)N(C)C(=O)C1CSC2(C)CCC(=O)N12. The minimum Gasteiger partial charge on any atom is -0.394 e. The van der Waals surface area contributed by atoms with Crippen LogP contribution in [0.1, 0.15) is 26.7 Å². The number of carbonyl (C=O) groups excluding carboxylic acids is 2. The third-order valence-electron chi connectivity index (χ3n) is 4.00. The first kappa shape index (κ1) is 13.7. The molecule has 0 spiro atoms. The lowest BCUT2D eigenvalue weighted by Crippen LogP contribution is -2.52. The highest BCUT2D eigenvalue weighted by Gasteiger charge is 2.53. The van der Waals surface area contributed by atoms with Crippen LogP contribution in [0, 0.1) is 0 Å². The molecule has 2 saturated heterocycles. The summed E-state index contributed by atoms with van der Waals surface area (Å²) in [5.41, 5.74) is 0. The largest absolute Gasteiger partial charge is 0.394 e. The highest BCUT2D eigenvalue weighted by atomic mass is 32.2. The first-order chi connectivity index (χ1) is 8.40. The van der Waals surface area contributed by atoms with E-state index in [0.29, 0.717) is 12.2 Å². The normalized spacial score (nSPS) is 32.6. The average molecular weight is 272 g/mol. The quantitative estimate of drug-likeness (QED) is 0.801. The van der Waals surface area contributed by atoms with Gasteiger partial charge in [-0.25, -0.2) is 0 Å². The van der Waals surface area contributed by atoms with Crippen molar-refractivity contribution in [2.75, 3.05) is 19.4 Å². The van der Waals surface area contributed by atoms with Gasteiger partial charge >= 0.3 is 0 Å². The predicted octanol–water partition coefficient (Wildman–Crippen LogP) is 0.280. The van der Waals surface area contributed by atoms with E-state index < -0.39 is 0 Å². The van der Waals surface area contributed by atoms with Crippen LogP contribution in [0.3, 0.4) is 0 Å². The molecule has 6 heteroatoms. The zero-order valence-corrected chi connectivity index (χ0v) is 11.9. The maximum atomic E-state index is 12.4. The van der Waals surface area contributed by atoms with Crippen molar-refractivity contribution < 1.29 is 14.7 Å². The molecule has 0 radical (unpaired) electrons. The van der Waals surface area contributed by atoms with Crippen molar-refractivity contribution in [1.82, 2.24) is 9.80 Å². The molecule has 18 heavy (non-hydrogen) atoms. The Morgan fingerprint density at radius 2 is 2.39 bits per heavy atom. The summed E-state index contributed by atoms with van der Waals surface area (Å²) in [6.45, 7) is 3.77. The number of hydrogen-bond donors (Lipinski definition) is 1. The number of hydrogen-bond acceptors (Lipinski definition) is 4. The molecular weight excluding hydrogens is 252 g/mol. The molecule has 0 aliphatic carbocycles. The Hall–Kier alpha value is -0.750. The van der Waals surface area contributed by atoms with E-state index in [-0.39, 0.29) is 35.4 Å². The number of amides is 2. The number of carbonyl (C=O) groups is 2. The van der Waals surface area contributed by atoms with Gasteiger partial charge in [-0.05, 0) is 20.3 Å². The molecule has 0 saturated carbocycles. The highest BCUT2D eigenvalue weighted by Crippen LogP contribution is 2.47. The molecule has 0 aromatic rings. The van der Waals surface area contributed by atoms with Crippen molar-refractivity contribution in [2.24, 2.45) is 0 Å². The van der Waals surface area contributed by atoms with E-state index >= 15 is 0 Å². The summed E-state index contributed by atoms with van der Waals surface area (Å²) in [6, 6.07) is -0.582. The predicted molar refractivity (Wildman–Crippen MR) is 70.0 cm³/mol. The van der Waals surface area contributed by atoms with E-state index in [1.54, 1.807) is 35.5 Å². The van der Waals surface area contributed by atoms with Crippen LogP contribution in [0.5, 0.6) is 0 Å². The highest BCUT2D eigenvalue weighted by molar-refractivity contribution is 8.01. The Morgan fingerprint density at radius 3 is 3.00 bits per heavy atom. The standard InChI is InChI=1S/C12H20N2O3S/c1-8(6-15)13(3)11(17)9-7-18-12(2)5-4-10(16)14(9)12/h8-9,15H,4-7H2,1-3H3. The van der Waals surface area contributed by atoms with Gasteiger partial charge in [0.2, 0.25) is 11.8 Å². The maximum Gasteiger partial charge on any atom is 0.246 e. The van der Waals surface area contributed by atoms with Crippen LogP contribution in [0.2, 0.25) is 0 Å². The van der Waals surface area contributed by atoms with E-state index in [4.69, 9.17) is 5.11 Å². The number of rotatable bonds is 3. The summed E-state index contributed by atoms with van der Waals surface area (Å²) in [7, 11) is 1.68. The first-order valence-corrected chi connectivity index (χ1v) is 7.23. The summed E-state index contributed by atoms with van der Waals surface area (Å²) in [4.78, 5) is 27.4. The number of fused-ring (bicyclic) bond motifs is 1. The molecule has 2 heterocycles. The molecule has 0 aromatic carbocycles. The summed E-state index contributed by atoms with van der Waals surface area (Å²) >= 11 is 1.69. The van der Waals surface area contributed by atoms with Crippen LogP contribution in [0.25, 0.3) is 0 Å². The van der Waals surface area contributed by atoms with Crippen molar-refractivity contribution in [3.05, 3.63) is 0 Å². The third-order valence-corrected chi connectivity index (χ3v) is 5.51. The van der Waals surface area contributed by atoms with Crippen LogP contribution in [0.15, 0.2) is 0 Å². The van der Waals surface area contributed by atoms with Gasteiger partial charge < -0.3 is 14.9 Å². The van der Waals surface area contributed by atoms with Gasteiger partial charge in [0.25, 0.3) is 0 Å². The molecule has 1 N–H and O–H groups in total. The van der Waals surface area contributed by atoms with E-state index in [2.05, 4.69) is 0 Å². The van der Waals surface area contributed by atoms with Crippen LogP contribution in [-0.2, 0) is 9.59 Å². The monoisotopic (exact) mass is 272 g/mol. The summed E-state index contributed by atoms with van der Waals surface area (Å²) in [6.07, 6.45) is 1.35. The Bertz CT molecular complexity index is 376. The van der Waals surface area contributed by atoms with Crippen molar-refractivity contribution in [1.29, 1.82) is 0 Å². The molecule has 2 fully saturated rings. The Labute approximate surface area is 112 Å².